The summed E-state index contributed by atoms with van der Waals surface area (Å²) in [6, 6.07) is 5.06. The molecule has 3 fully saturated rings. The SMILES string of the molecule is Cc1cc(N2CC3CC(C2)N3c2nc(C)cc(C)n2)nc(C)n1. The number of aryl methyl sites for hydroxylation is 4. The number of hydrogen-bond donors (Lipinski definition) is 0. The van der Waals surface area contributed by atoms with E-state index in [4.69, 9.17) is 0 Å². The molecule has 0 spiro atoms. The zero-order valence-electron chi connectivity index (χ0n) is 14.1. The van der Waals surface area contributed by atoms with Crippen LogP contribution >= 0.6 is 0 Å². The average Bonchev–Trinajstić information content (AvgIpc) is 2.45. The first-order valence-electron chi connectivity index (χ1n) is 8.17. The molecule has 2 bridgehead atoms. The van der Waals surface area contributed by atoms with Crippen LogP contribution in [0, 0.1) is 27.7 Å². The molecule has 6 heteroatoms. The highest BCUT2D eigenvalue weighted by molar-refractivity contribution is 5.50. The average molecular weight is 310 g/mol. The predicted octanol–water partition coefficient (Wildman–Crippen LogP) is 1.97. The lowest BCUT2D eigenvalue weighted by molar-refractivity contribution is 0.284. The topological polar surface area (TPSA) is 58.0 Å². The molecule has 2 atom stereocenters. The van der Waals surface area contributed by atoms with Crippen molar-refractivity contribution in [2.45, 2.75) is 46.2 Å². The molecule has 0 aliphatic carbocycles. The lowest BCUT2D eigenvalue weighted by atomic mass is 9.88. The Hall–Kier alpha value is -2.24. The largest absolute Gasteiger partial charge is 0.352 e. The Labute approximate surface area is 136 Å². The number of rotatable bonds is 2. The molecule has 0 amide bonds. The Morgan fingerprint density at radius 3 is 2.04 bits per heavy atom. The van der Waals surface area contributed by atoms with Gasteiger partial charge in [0.05, 0.1) is 12.1 Å². The standard InChI is InChI=1S/C17H22N6/c1-10-5-11(2)20-17(19-10)23-14-7-15(23)9-22(8-14)16-6-12(3)18-13(4)21-16/h5-6,14-15H,7-9H2,1-4H3. The lowest BCUT2D eigenvalue weighted by Crippen LogP contribution is -2.69. The van der Waals surface area contributed by atoms with Crippen LogP contribution in [-0.4, -0.2) is 45.1 Å². The van der Waals surface area contributed by atoms with Crippen LogP contribution < -0.4 is 9.80 Å². The first-order valence-corrected chi connectivity index (χ1v) is 8.17. The predicted molar refractivity (Wildman–Crippen MR) is 89.9 cm³/mol. The van der Waals surface area contributed by atoms with Crippen molar-refractivity contribution < 1.29 is 0 Å². The van der Waals surface area contributed by atoms with Crippen LogP contribution in [0.4, 0.5) is 11.8 Å². The summed E-state index contributed by atoms with van der Waals surface area (Å²) in [6.07, 6.45) is 1.22. The zero-order chi connectivity index (χ0) is 16.1. The highest BCUT2D eigenvalue weighted by Crippen LogP contribution is 2.36. The van der Waals surface area contributed by atoms with Gasteiger partial charge in [-0.15, -0.1) is 0 Å². The molecule has 5 rings (SSSR count). The van der Waals surface area contributed by atoms with E-state index in [0.29, 0.717) is 12.1 Å². The second-order valence-electron chi connectivity index (χ2n) is 6.72. The van der Waals surface area contributed by atoms with Crippen molar-refractivity contribution in [3.63, 3.8) is 0 Å². The van der Waals surface area contributed by atoms with Gasteiger partial charge in [-0.2, -0.15) is 0 Å². The van der Waals surface area contributed by atoms with Gasteiger partial charge >= 0.3 is 0 Å². The first kappa shape index (κ1) is 14.4. The van der Waals surface area contributed by atoms with E-state index in [1.807, 2.05) is 33.8 Å². The van der Waals surface area contributed by atoms with Crippen LogP contribution in [0.2, 0.25) is 0 Å². The molecule has 2 unspecified atom stereocenters. The Morgan fingerprint density at radius 1 is 0.826 bits per heavy atom. The number of hydrogen-bond acceptors (Lipinski definition) is 6. The summed E-state index contributed by atoms with van der Waals surface area (Å²) in [7, 11) is 0. The molecule has 23 heavy (non-hydrogen) atoms. The molecule has 3 saturated heterocycles. The van der Waals surface area contributed by atoms with Crippen LogP contribution in [0.5, 0.6) is 0 Å². The number of piperidine rings is 1. The second kappa shape index (κ2) is 5.15. The fraction of sp³-hybridized carbons (Fsp3) is 0.529. The van der Waals surface area contributed by atoms with E-state index in [1.54, 1.807) is 0 Å². The van der Waals surface area contributed by atoms with E-state index in [0.717, 1.165) is 47.8 Å². The van der Waals surface area contributed by atoms with Crippen LogP contribution in [0.3, 0.4) is 0 Å². The highest BCUT2D eigenvalue weighted by atomic mass is 15.4. The fourth-order valence-electron chi connectivity index (χ4n) is 3.81. The summed E-state index contributed by atoms with van der Waals surface area (Å²) in [6.45, 7) is 10.00. The van der Waals surface area contributed by atoms with Gasteiger partial charge in [0.25, 0.3) is 0 Å². The molecule has 0 radical (unpaired) electrons. The second-order valence-corrected chi connectivity index (χ2v) is 6.72. The van der Waals surface area contributed by atoms with Gasteiger partial charge in [-0.1, -0.05) is 0 Å². The molecule has 2 aromatic rings. The summed E-state index contributed by atoms with van der Waals surface area (Å²) in [4.78, 5) is 23.0. The minimum atomic E-state index is 0.477. The van der Waals surface area contributed by atoms with E-state index in [9.17, 15) is 0 Å². The minimum absolute atomic E-state index is 0.477. The van der Waals surface area contributed by atoms with Gasteiger partial charge in [0.2, 0.25) is 5.95 Å². The van der Waals surface area contributed by atoms with Gasteiger partial charge in [-0.05, 0) is 40.2 Å². The lowest BCUT2D eigenvalue weighted by Gasteiger charge is -2.56. The Bertz CT molecular complexity index is 706. The summed E-state index contributed by atoms with van der Waals surface area (Å²) in [5, 5.41) is 0. The summed E-state index contributed by atoms with van der Waals surface area (Å²) >= 11 is 0. The highest BCUT2D eigenvalue weighted by Gasteiger charge is 2.46. The van der Waals surface area contributed by atoms with Gasteiger partial charge in [-0.3, -0.25) is 0 Å². The molecule has 0 saturated carbocycles. The van der Waals surface area contributed by atoms with Crippen molar-refractivity contribution in [2.75, 3.05) is 22.9 Å². The smallest absolute Gasteiger partial charge is 0.226 e. The molecule has 3 aliphatic heterocycles. The van der Waals surface area contributed by atoms with Gasteiger partial charge in [0, 0.05) is 36.2 Å². The van der Waals surface area contributed by atoms with Crippen LogP contribution in [0.25, 0.3) is 0 Å². The van der Waals surface area contributed by atoms with E-state index in [-0.39, 0.29) is 0 Å². The molecular formula is C17H22N6. The first-order chi connectivity index (χ1) is 11.0. The zero-order valence-corrected chi connectivity index (χ0v) is 14.1. The summed E-state index contributed by atoms with van der Waals surface area (Å²) in [5.41, 5.74) is 3.11. The van der Waals surface area contributed by atoms with E-state index < -0.39 is 0 Å². The van der Waals surface area contributed by atoms with Crippen molar-refractivity contribution >= 4 is 11.8 Å². The maximum atomic E-state index is 4.64. The summed E-state index contributed by atoms with van der Waals surface area (Å²) < 4.78 is 0. The third-order valence-corrected chi connectivity index (χ3v) is 4.67. The van der Waals surface area contributed by atoms with Crippen molar-refractivity contribution in [1.82, 2.24) is 19.9 Å². The number of piperazine rings is 1. The normalized spacial score (nSPS) is 23.0. The van der Waals surface area contributed by atoms with Crippen molar-refractivity contribution in [2.24, 2.45) is 0 Å². The molecule has 0 N–H and O–H groups in total. The molecule has 120 valence electrons. The van der Waals surface area contributed by atoms with E-state index in [2.05, 4.69) is 35.8 Å². The van der Waals surface area contributed by atoms with Crippen molar-refractivity contribution in [3.05, 3.63) is 35.0 Å². The number of anilines is 2. The maximum Gasteiger partial charge on any atom is 0.226 e. The van der Waals surface area contributed by atoms with Gasteiger partial charge < -0.3 is 9.80 Å². The van der Waals surface area contributed by atoms with Crippen LogP contribution in [-0.2, 0) is 0 Å². The van der Waals surface area contributed by atoms with Crippen molar-refractivity contribution in [1.29, 1.82) is 0 Å². The van der Waals surface area contributed by atoms with E-state index in [1.165, 1.54) is 6.42 Å². The van der Waals surface area contributed by atoms with Gasteiger partial charge in [-0.25, -0.2) is 19.9 Å². The van der Waals surface area contributed by atoms with E-state index >= 15 is 0 Å². The Kier molecular flexibility index (Phi) is 3.21. The quantitative estimate of drug-likeness (QED) is 0.845. The third kappa shape index (κ3) is 2.52. The van der Waals surface area contributed by atoms with Crippen LogP contribution in [0.15, 0.2) is 12.1 Å². The monoisotopic (exact) mass is 310 g/mol. The third-order valence-electron chi connectivity index (χ3n) is 4.67. The molecule has 2 aromatic heterocycles. The fourth-order valence-corrected chi connectivity index (χ4v) is 3.81. The number of nitrogens with zero attached hydrogens (tertiary/aromatic N) is 6. The van der Waals surface area contributed by atoms with Gasteiger partial charge in [0.15, 0.2) is 0 Å². The number of aromatic nitrogens is 4. The number of fused-ring (bicyclic) bond motifs is 2. The minimum Gasteiger partial charge on any atom is -0.352 e. The molecule has 5 heterocycles. The Morgan fingerprint density at radius 2 is 1.43 bits per heavy atom. The van der Waals surface area contributed by atoms with Crippen LogP contribution in [0.1, 0.15) is 29.3 Å². The molecule has 0 aromatic carbocycles. The van der Waals surface area contributed by atoms with Crippen molar-refractivity contribution in [3.8, 4) is 0 Å². The maximum absolute atomic E-state index is 4.64. The molecule has 3 aliphatic rings. The molecular weight excluding hydrogens is 288 g/mol. The Balaban J connectivity index is 1.56. The summed E-state index contributed by atoms with van der Waals surface area (Å²) in [5.74, 6) is 2.78. The molecule has 6 nitrogen and oxygen atoms in total. The van der Waals surface area contributed by atoms with Gasteiger partial charge in [0.1, 0.15) is 11.6 Å².